The Morgan fingerprint density at radius 3 is 1.29 bits per heavy atom. The van der Waals surface area contributed by atoms with Crippen LogP contribution in [-0.4, -0.2) is 155 Å². The maximum Gasteiger partial charge on any atom is 0.437 e. The van der Waals surface area contributed by atoms with Crippen LogP contribution in [0.15, 0.2) is 162 Å². The predicted molar refractivity (Wildman–Crippen MR) is 436 cm³/mol. The van der Waals surface area contributed by atoms with Crippen LogP contribution in [0.2, 0.25) is 20.1 Å². The van der Waals surface area contributed by atoms with Crippen molar-refractivity contribution in [1.82, 2.24) is 36.4 Å². The van der Waals surface area contributed by atoms with Crippen molar-refractivity contribution < 1.29 is 86.0 Å². The third kappa shape index (κ3) is 33.9. The molecule has 0 bridgehead atoms. The summed E-state index contributed by atoms with van der Waals surface area (Å²) in [6.45, 7) is 19.9. The number of alkyl carbamates (subject to hydrolysis) is 1. The molecule has 0 unspecified atom stereocenters. The van der Waals surface area contributed by atoms with Gasteiger partial charge in [0.1, 0.15) is 34.5 Å². The van der Waals surface area contributed by atoms with Gasteiger partial charge in [-0.15, -0.1) is 4.99 Å². The van der Waals surface area contributed by atoms with Crippen LogP contribution >= 0.6 is 46.4 Å². The molecule has 1 aromatic heterocycles. The Morgan fingerprint density at radius 2 is 0.895 bits per heavy atom. The highest BCUT2D eigenvalue weighted by Crippen LogP contribution is 2.34. The first-order chi connectivity index (χ1) is 52.9. The number of esters is 3. The summed E-state index contributed by atoms with van der Waals surface area (Å²) in [7, 11) is 2.32. The van der Waals surface area contributed by atoms with E-state index in [0.717, 1.165) is 23.8 Å². The Hall–Kier alpha value is -11.3. The number of aliphatic imine (C=N–C) groups is 2. The Morgan fingerprint density at radius 1 is 0.482 bits per heavy atom. The van der Waals surface area contributed by atoms with Gasteiger partial charge >= 0.3 is 36.2 Å². The smallest absolute Gasteiger partial charge is 0.437 e. The molecular weight excluding hydrogens is 1550 g/mol. The van der Waals surface area contributed by atoms with Gasteiger partial charge < -0.3 is 55.4 Å². The van der Waals surface area contributed by atoms with Crippen LogP contribution in [-0.2, 0) is 58.8 Å². The molecular formula is C82H96Cl4N10O18. The highest BCUT2D eigenvalue weighted by Gasteiger charge is 2.30. The van der Waals surface area contributed by atoms with Gasteiger partial charge in [0.2, 0.25) is 5.96 Å². The van der Waals surface area contributed by atoms with Gasteiger partial charge in [-0.25, -0.2) is 28.7 Å². The van der Waals surface area contributed by atoms with Crippen LogP contribution in [0.25, 0.3) is 22.3 Å². The molecule has 0 fully saturated rings. The minimum absolute atomic E-state index is 0. The van der Waals surface area contributed by atoms with E-state index >= 15 is 0 Å². The molecule has 7 N–H and O–H groups in total. The molecule has 610 valence electrons. The number of methoxy groups -OCH3 is 2. The maximum absolute atomic E-state index is 13.2. The number of anilines is 1. The van der Waals surface area contributed by atoms with Crippen LogP contribution in [0.5, 0.6) is 0 Å². The summed E-state index contributed by atoms with van der Waals surface area (Å²) in [5.41, 5.74) is 7.51. The van der Waals surface area contributed by atoms with Crippen molar-refractivity contribution in [2.45, 2.75) is 164 Å². The summed E-state index contributed by atoms with van der Waals surface area (Å²) in [5.74, 6) is -5.42. The van der Waals surface area contributed by atoms with Crippen molar-refractivity contribution in [3.63, 3.8) is 0 Å². The van der Waals surface area contributed by atoms with Crippen LogP contribution in [0, 0.1) is 0 Å². The number of nitrogens with one attached hydrogen (secondary N) is 5. The van der Waals surface area contributed by atoms with Crippen LogP contribution in [0.3, 0.4) is 0 Å². The fourth-order valence-corrected chi connectivity index (χ4v) is 11.2. The van der Waals surface area contributed by atoms with E-state index in [1.165, 1.54) is 36.3 Å². The zero-order valence-electron chi connectivity index (χ0n) is 65.0. The summed E-state index contributed by atoms with van der Waals surface area (Å²) in [5, 5.41) is 16.8. The van der Waals surface area contributed by atoms with Crippen molar-refractivity contribution in [2.24, 2.45) is 9.98 Å². The first-order valence-corrected chi connectivity index (χ1v) is 36.6. The number of nitrogens with zero attached hydrogens (tertiary/aromatic N) is 4. The Balaban J connectivity index is 0.000000393. The number of halogens is 4. The molecule has 28 nitrogen and oxygen atoms in total. The monoisotopic (exact) mass is 1650 g/mol. The average Bonchev–Trinajstić information content (AvgIpc) is 0.872. The van der Waals surface area contributed by atoms with Gasteiger partial charge in [0, 0.05) is 54.2 Å². The second kappa shape index (κ2) is 44.2. The normalized spacial score (nSPS) is 11.9. The molecule has 32 heteroatoms. The number of carbonyl (C=O) groups is 12. The molecule has 0 aliphatic rings. The summed E-state index contributed by atoms with van der Waals surface area (Å²) >= 11 is 25.6. The topological polar surface area (TPSA) is 389 Å². The van der Waals surface area contributed by atoms with Gasteiger partial charge in [0.15, 0.2) is 11.6 Å². The third-order valence-corrected chi connectivity index (χ3v) is 15.9. The number of amides is 7. The molecule has 114 heavy (non-hydrogen) atoms. The minimum atomic E-state index is -1.21. The van der Waals surface area contributed by atoms with E-state index in [2.05, 4.69) is 41.7 Å². The second-order valence-corrected chi connectivity index (χ2v) is 30.5. The molecule has 0 saturated heterocycles. The lowest BCUT2D eigenvalue weighted by atomic mass is 10.0. The molecule has 1 heterocycles. The number of rotatable bonds is 24. The molecule has 7 amide bonds. The lowest BCUT2D eigenvalue weighted by molar-refractivity contribution is -0.153. The molecule has 0 aliphatic heterocycles. The van der Waals surface area contributed by atoms with Crippen molar-refractivity contribution in [3.05, 3.63) is 200 Å². The first kappa shape index (κ1) is 95.0. The largest absolute Gasteiger partial charge is 0.467 e. The van der Waals surface area contributed by atoms with Crippen LogP contribution in [0.4, 0.5) is 20.1 Å². The summed E-state index contributed by atoms with van der Waals surface area (Å²) in [6, 6.07) is 37.1. The molecule has 0 aliphatic carbocycles. The van der Waals surface area contributed by atoms with Crippen molar-refractivity contribution in [3.8, 4) is 22.3 Å². The minimum Gasteiger partial charge on any atom is -0.467 e. The number of nitrogens with two attached hydrogens (primary N) is 1. The molecule has 7 rings (SSSR count). The van der Waals surface area contributed by atoms with Crippen molar-refractivity contribution in [1.29, 1.82) is 0 Å². The highest BCUT2D eigenvalue weighted by molar-refractivity contribution is 6.41. The number of benzene rings is 6. The van der Waals surface area contributed by atoms with E-state index in [4.69, 9.17) is 80.6 Å². The number of carbonyl (C=O) groups excluding carboxylic acids is 12. The average molecular weight is 1650 g/mol. The van der Waals surface area contributed by atoms with E-state index in [0.29, 0.717) is 22.4 Å². The Bertz CT molecular complexity index is 4580. The number of Topliss-reactive ketones (excluding diaryl/α,β-unsaturated/α-hetero) is 2. The van der Waals surface area contributed by atoms with Crippen molar-refractivity contribution >= 4 is 135 Å². The fourth-order valence-electron chi connectivity index (χ4n) is 9.90. The zero-order chi connectivity index (χ0) is 84.1. The van der Waals surface area contributed by atoms with E-state index in [1.54, 1.807) is 150 Å². The summed E-state index contributed by atoms with van der Waals surface area (Å²) < 4.78 is 31.7. The summed E-state index contributed by atoms with van der Waals surface area (Å²) in [6.07, 6.45) is -0.161. The van der Waals surface area contributed by atoms with Gasteiger partial charge in [-0.1, -0.05) is 133 Å². The van der Waals surface area contributed by atoms with Crippen molar-refractivity contribution in [2.75, 3.05) is 33.0 Å². The standard InChI is InChI=1S/C40H45Cl2N3O9.C27H25Cl2N3O5.C14H22N4O4.CH4/c1-39(2,3)53-33(47)22-28(44-38(51)54-40(4,5)6)19-24-12-11-15-26(18-24)35(48)43-23-29(46)16-17-32(37(50)52-7)45-36(49)34-30(41)20-27(21-31(34)42)25-13-9-8-10-14-25;1-37-27(36)23(11-10-20(33)15-31-25(34)17-8-5-9-19(30)12-17)32-26(35)24-21(28)13-18(14-22(24)29)16-6-3-2-4-7-16;1-13(2,3)21-11(19)16-10(18-9-7-8-15-18)17-12(20)22-14(4,5)6;/h8-15,18,20-21,32H,16-17,19,22-23H2,1-7H3,(H,43,48)(H,45,49);2-9,12-14,23H,10-11,15,30H2,1H3,(H,31,34)(H,32,35);7-9H,1-6H3,(H,16,17,19,20);1H4/t32-;23-;;/m00../s1. The molecule has 7 aromatic rings. The van der Waals surface area contributed by atoms with E-state index < -0.39 is 100 Å². The molecule has 0 saturated carbocycles. The fraction of sp³-hybridized carbons (Fsp3) is 0.354. The predicted octanol–water partition coefficient (Wildman–Crippen LogP) is 14.8. The maximum atomic E-state index is 13.2. The van der Waals surface area contributed by atoms with Gasteiger partial charge in [0.25, 0.3) is 23.6 Å². The number of hydrogen-bond donors (Lipinski definition) is 6. The molecule has 6 aromatic carbocycles. The lowest BCUT2D eigenvalue weighted by Crippen LogP contribution is -2.42. The lowest BCUT2D eigenvalue weighted by Gasteiger charge is -2.20. The quantitative estimate of drug-likeness (QED) is 0.0108. The molecule has 0 radical (unpaired) electrons. The third-order valence-electron chi connectivity index (χ3n) is 14.7. The second-order valence-electron chi connectivity index (χ2n) is 28.9. The highest BCUT2D eigenvalue weighted by atomic mass is 35.5. The number of ketones is 2. The van der Waals surface area contributed by atoms with E-state index in [9.17, 15) is 57.5 Å². The number of nitrogen functional groups attached to an aromatic ring is 1. The van der Waals surface area contributed by atoms with Gasteiger partial charge in [-0.05, 0) is 184 Å². The van der Waals surface area contributed by atoms with Crippen LogP contribution < -0.4 is 32.3 Å². The van der Waals surface area contributed by atoms with E-state index in [1.807, 2.05) is 60.7 Å². The van der Waals surface area contributed by atoms with E-state index in [-0.39, 0.29) is 113 Å². The first-order valence-electron chi connectivity index (χ1n) is 35.1. The molecule has 0 spiro atoms. The Kier molecular flexibility index (Phi) is 36.9. The van der Waals surface area contributed by atoms with Crippen LogP contribution in [0.1, 0.15) is 170 Å². The SMILES string of the molecule is C.CC(C)(C)OC(=O)N=C(NC(=O)OC(C)(C)C)n1cccn1.COC(=O)[C@H](CCC(=O)CNC(=O)c1cccc(CC(CC(=O)OC(C)(C)C)=NC(=O)OC(C)(C)C)c1)NC(=O)c1c(Cl)cc(-c2ccccc2)cc1Cl.COC(=O)[C@H](CCC(=O)CNC(=O)c1cccc(N)c1)NC(=O)c1c(Cl)cc(-c2ccccc2)cc1Cl. The van der Waals surface area contributed by atoms with Gasteiger partial charge in [-0.2, -0.15) is 10.1 Å². The van der Waals surface area contributed by atoms with Gasteiger partial charge in [-0.3, -0.25) is 38.9 Å². The Labute approximate surface area is 682 Å². The number of ether oxygens (including phenoxy) is 6. The van der Waals surface area contributed by atoms with Gasteiger partial charge in [0.05, 0.1) is 64.9 Å². The summed E-state index contributed by atoms with van der Waals surface area (Å²) in [4.78, 5) is 158. The number of aromatic nitrogens is 2. The molecule has 2 atom stereocenters. The number of hydrogen-bond acceptors (Lipinski definition) is 20. The zero-order valence-corrected chi connectivity index (χ0v) is 68.0.